The van der Waals surface area contributed by atoms with Gasteiger partial charge in [0, 0.05) is 48.7 Å². The molecule has 0 N–H and O–H groups in total. The summed E-state index contributed by atoms with van der Waals surface area (Å²) in [5.74, 6) is -0.447. The monoisotopic (exact) mass is 495 g/mol. The van der Waals surface area contributed by atoms with Gasteiger partial charge in [-0.3, -0.25) is 4.79 Å². The summed E-state index contributed by atoms with van der Waals surface area (Å²) in [5, 5.41) is 3.97. The van der Waals surface area contributed by atoms with E-state index in [1.54, 1.807) is 12.0 Å². The number of esters is 1. The number of benzene rings is 3. The van der Waals surface area contributed by atoms with Crippen molar-refractivity contribution in [3.05, 3.63) is 59.7 Å². The van der Waals surface area contributed by atoms with E-state index in [1.807, 2.05) is 44.3 Å². The van der Waals surface area contributed by atoms with Gasteiger partial charge in [-0.15, -0.1) is 0 Å². The summed E-state index contributed by atoms with van der Waals surface area (Å²) < 4.78 is 22.7. The quantitative estimate of drug-likeness (QED) is 0.333. The third-order valence-corrected chi connectivity index (χ3v) is 8.97. The number of carbonyl (C=O) groups excluding carboxylic acids is 2. The smallest absolute Gasteiger partial charge is 0.343 e. The lowest BCUT2D eigenvalue weighted by atomic mass is 9.88. The zero-order chi connectivity index (χ0) is 25.4. The van der Waals surface area contributed by atoms with Crippen LogP contribution in [0.15, 0.2) is 48.5 Å². The molecule has 1 fully saturated rings. The number of carbonyl (C=O) groups is 2. The average molecular weight is 496 g/mol. The fraction of sp³-hybridized carbons (Fsp3) is 0.310. The van der Waals surface area contributed by atoms with Crippen LogP contribution in [0.25, 0.3) is 43.6 Å². The minimum absolute atomic E-state index is 0.0268. The van der Waals surface area contributed by atoms with Gasteiger partial charge in [0.05, 0.1) is 34.7 Å². The molecule has 8 rings (SSSR count). The van der Waals surface area contributed by atoms with Gasteiger partial charge in [-0.2, -0.15) is 0 Å². The van der Waals surface area contributed by atoms with Crippen molar-refractivity contribution in [3.63, 3.8) is 0 Å². The summed E-state index contributed by atoms with van der Waals surface area (Å²) in [6.07, 6.45) is -0.251. The molecule has 3 aliphatic heterocycles. The highest BCUT2D eigenvalue weighted by Crippen LogP contribution is 2.59. The van der Waals surface area contributed by atoms with Gasteiger partial charge >= 0.3 is 5.97 Å². The first-order valence-corrected chi connectivity index (χ1v) is 12.5. The molecule has 2 bridgehead atoms. The van der Waals surface area contributed by atoms with Crippen molar-refractivity contribution in [3.8, 4) is 0 Å². The lowest BCUT2D eigenvalue weighted by molar-refractivity contribution is -0.210. The van der Waals surface area contributed by atoms with Crippen molar-refractivity contribution < 1.29 is 23.8 Å². The molecule has 1 amide bonds. The minimum atomic E-state index is -1.39. The number of rotatable bonds is 2. The standard InChI is InChI=1S/C29H25N3O5/c1-28-29(36-4,27(34)35-3)13-20(37-28)31-18-11-7-5-9-15(18)22-23-17(14-30(2)26(23)33)21-16-10-6-8-12-19(16)32(28)25(21)24(22)31/h5-12,20H,13-14H2,1-4H3/t20-,28+,29+/m1/s1. The molecule has 8 nitrogen and oxygen atoms in total. The molecule has 3 atom stereocenters. The SMILES string of the molecule is COC(=O)[C@@]1(OC)C[C@H]2O[C@]1(C)n1c3ccccc3c3c4c(c5c6ccccc6n2c5c31)C(=O)N(C)C4. The van der Waals surface area contributed by atoms with E-state index in [0.29, 0.717) is 6.54 Å². The number of hydrogen-bond donors (Lipinski definition) is 0. The van der Waals surface area contributed by atoms with Crippen molar-refractivity contribution >= 4 is 55.5 Å². The van der Waals surface area contributed by atoms with Gasteiger partial charge in [0.15, 0.2) is 5.72 Å². The molecule has 0 unspecified atom stereocenters. The van der Waals surface area contributed by atoms with Crippen LogP contribution in [0.2, 0.25) is 0 Å². The maximum Gasteiger partial charge on any atom is 0.343 e. The van der Waals surface area contributed by atoms with E-state index in [-0.39, 0.29) is 12.3 Å². The Morgan fingerprint density at radius 3 is 2.38 bits per heavy atom. The summed E-state index contributed by atoms with van der Waals surface area (Å²) in [7, 11) is 4.79. The normalized spacial score (nSPS) is 26.2. The van der Waals surface area contributed by atoms with Gasteiger partial charge in [-0.25, -0.2) is 4.79 Å². The number of hydrogen-bond acceptors (Lipinski definition) is 5. The summed E-state index contributed by atoms with van der Waals surface area (Å²) in [6.45, 7) is 2.44. The van der Waals surface area contributed by atoms with Crippen LogP contribution in [0.5, 0.6) is 0 Å². The maximum absolute atomic E-state index is 13.7. The molecule has 5 heterocycles. The lowest BCUT2D eigenvalue weighted by Gasteiger charge is -2.40. The first-order chi connectivity index (χ1) is 17.9. The van der Waals surface area contributed by atoms with Gasteiger partial charge in [-0.1, -0.05) is 36.4 Å². The van der Waals surface area contributed by atoms with Crippen molar-refractivity contribution in [1.82, 2.24) is 14.0 Å². The van der Waals surface area contributed by atoms with E-state index in [0.717, 1.165) is 54.7 Å². The second-order valence-corrected chi connectivity index (χ2v) is 10.5. The van der Waals surface area contributed by atoms with E-state index in [4.69, 9.17) is 14.2 Å². The third kappa shape index (κ3) is 2.09. The Hall–Kier alpha value is -3.88. The molecular weight excluding hydrogens is 470 g/mol. The van der Waals surface area contributed by atoms with Crippen LogP contribution < -0.4 is 0 Å². The van der Waals surface area contributed by atoms with E-state index >= 15 is 0 Å². The van der Waals surface area contributed by atoms with E-state index in [2.05, 4.69) is 27.3 Å². The summed E-state index contributed by atoms with van der Waals surface area (Å²) in [5.41, 5.74) is 2.95. The summed E-state index contributed by atoms with van der Waals surface area (Å²) >= 11 is 0. The number of aromatic nitrogens is 2. The Kier molecular flexibility index (Phi) is 3.74. The van der Waals surface area contributed by atoms with Gasteiger partial charge in [-0.05, 0) is 24.6 Å². The molecule has 3 aliphatic rings. The average Bonchev–Trinajstić information content (AvgIpc) is 3.58. The molecule has 37 heavy (non-hydrogen) atoms. The molecule has 0 aliphatic carbocycles. The van der Waals surface area contributed by atoms with Crippen LogP contribution in [-0.4, -0.2) is 52.8 Å². The maximum atomic E-state index is 13.7. The second-order valence-electron chi connectivity index (χ2n) is 10.5. The number of nitrogens with zero attached hydrogens (tertiary/aromatic N) is 3. The van der Waals surface area contributed by atoms with E-state index in [1.165, 1.54) is 7.11 Å². The zero-order valence-corrected chi connectivity index (χ0v) is 21.0. The molecule has 5 aromatic rings. The van der Waals surface area contributed by atoms with Crippen molar-refractivity contribution in [1.29, 1.82) is 0 Å². The largest absolute Gasteiger partial charge is 0.467 e. The fourth-order valence-electron chi connectivity index (χ4n) is 7.44. The van der Waals surface area contributed by atoms with Crippen LogP contribution in [0.4, 0.5) is 0 Å². The van der Waals surface area contributed by atoms with Crippen molar-refractivity contribution in [2.45, 2.75) is 37.4 Å². The number of fused-ring (bicyclic) bond motifs is 13. The minimum Gasteiger partial charge on any atom is -0.467 e. The molecule has 186 valence electrons. The van der Waals surface area contributed by atoms with Crippen molar-refractivity contribution in [2.75, 3.05) is 21.3 Å². The Bertz CT molecular complexity index is 1880. The first kappa shape index (κ1) is 21.2. The highest BCUT2D eigenvalue weighted by Gasteiger charge is 2.67. The van der Waals surface area contributed by atoms with Crippen LogP contribution in [0.1, 0.15) is 35.5 Å². The molecule has 3 aromatic carbocycles. The van der Waals surface area contributed by atoms with Crippen molar-refractivity contribution in [2.24, 2.45) is 0 Å². The third-order valence-electron chi connectivity index (χ3n) is 8.97. The molecule has 1 saturated heterocycles. The Balaban J connectivity index is 1.72. The lowest BCUT2D eigenvalue weighted by Crippen LogP contribution is -2.57. The second kappa shape index (κ2) is 6.51. The molecule has 8 heteroatoms. The van der Waals surface area contributed by atoms with Crippen LogP contribution in [-0.2, 0) is 31.3 Å². The highest BCUT2D eigenvalue weighted by molar-refractivity contribution is 6.31. The number of para-hydroxylation sites is 2. The van der Waals surface area contributed by atoms with Gasteiger partial charge in [0.25, 0.3) is 5.91 Å². The van der Waals surface area contributed by atoms with E-state index in [9.17, 15) is 9.59 Å². The van der Waals surface area contributed by atoms with Gasteiger partial charge in [0.2, 0.25) is 5.60 Å². The molecular formula is C29H25N3O5. The predicted molar refractivity (Wildman–Crippen MR) is 138 cm³/mol. The Morgan fingerprint density at radius 1 is 1.00 bits per heavy atom. The summed E-state index contributed by atoms with van der Waals surface area (Å²) in [6, 6.07) is 16.2. The van der Waals surface area contributed by atoms with E-state index < -0.39 is 23.5 Å². The first-order valence-electron chi connectivity index (χ1n) is 12.5. The number of ether oxygens (including phenoxy) is 3. The zero-order valence-electron chi connectivity index (χ0n) is 21.0. The highest BCUT2D eigenvalue weighted by atomic mass is 16.6. The number of methoxy groups -OCH3 is 2. The van der Waals surface area contributed by atoms with Crippen LogP contribution in [0, 0.1) is 0 Å². The van der Waals surface area contributed by atoms with Gasteiger partial charge < -0.3 is 28.2 Å². The predicted octanol–water partition coefficient (Wildman–Crippen LogP) is 4.65. The fourth-order valence-corrected chi connectivity index (χ4v) is 7.44. The Morgan fingerprint density at radius 2 is 1.68 bits per heavy atom. The van der Waals surface area contributed by atoms with Gasteiger partial charge in [0.1, 0.15) is 6.23 Å². The molecule has 0 saturated carbocycles. The molecule has 0 radical (unpaired) electrons. The number of amides is 1. The summed E-state index contributed by atoms with van der Waals surface area (Å²) in [4.78, 5) is 29.0. The van der Waals surface area contributed by atoms with Crippen LogP contribution in [0.3, 0.4) is 0 Å². The topological polar surface area (TPSA) is 74.9 Å². The van der Waals surface area contributed by atoms with Crippen LogP contribution >= 0.6 is 0 Å². The Labute approximate surface area is 211 Å². The molecule has 0 spiro atoms. The molecule has 2 aromatic heterocycles.